The van der Waals surface area contributed by atoms with Gasteiger partial charge in [0.2, 0.25) is 0 Å². The van der Waals surface area contributed by atoms with E-state index in [1.807, 2.05) is 6.07 Å². The number of nitrogens with one attached hydrogen (secondary N) is 1. The molecule has 2 rings (SSSR count). The van der Waals surface area contributed by atoms with E-state index in [9.17, 15) is 8.42 Å². The molecule has 0 aliphatic heterocycles. The highest BCUT2D eigenvalue weighted by atomic mass is 32.2. The summed E-state index contributed by atoms with van der Waals surface area (Å²) in [6.45, 7) is 0. The van der Waals surface area contributed by atoms with Gasteiger partial charge in [-0.15, -0.1) is 0 Å². The molecule has 0 bridgehead atoms. The number of nitrogens with zero attached hydrogens (tertiary/aromatic N) is 2. The number of pyridine rings is 1. The van der Waals surface area contributed by atoms with Gasteiger partial charge in [-0.2, -0.15) is 5.26 Å². The van der Waals surface area contributed by atoms with Crippen molar-refractivity contribution in [3.8, 4) is 6.07 Å². The van der Waals surface area contributed by atoms with Gasteiger partial charge in [-0.05, 0) is 30.3 Å². The van der Waals surface area contributed by atoms with Gasteiger partial charge in [0.1, 0.15) is 10.7 Å². The summed E-state index contributed by atoms with van der Waals surface area (Å²) < 4.78 is 26.4. The minimum absolute atomic E-state index is 0.00376. The minimum atomic E-state index is -3.73. The zero-order chi connectivity index (χ0) is 13.9. The smallest absolute Gasteiger partial charge is 0.263 e. The van der Waals surface area contributed by atoms with Crippen LogP contribution >= 0.6 is 0 Å². The number of nitrogen functional groups attached to an aromatic ring is 1. The first-order valence-electron chi connectivity index (χ1n) is 5.26. The summed E-state index contributed by atoms with van der Waals surface area (Å²) >= 11 is 0. The molecule has 3 N–H and O–H groups in total. The van der Waals surface area contributed by atoms with Crippen LogP contribution in [0.3, 0.4) is 0 Å². The van der Waals surface area contributed by atoms with Gasteiger partial charge < -0.3 is 5.73 Å². The molecule has 6 nitrogen and oxygen atoms in total. The predicted molar refractivity (Wildman–Crippen MR) is 70.6 cm³/mol. The summed E-state index contributed by atoms with van der Waals surface area (Å²) in [7, 11) is -3.73. The lowest BCUT2D eigenvalue weighted by Crippen LogP contribution is -2.13. The number of sulfonamides is 1. The Labute approximate surface area is 110 Å². The molecule has 2 aromatic rings. The van der Waals surface area contributed by atoms with Gasteiger partial charge in [-0.25, -0.2) is 13.4 Å². The van der Waals surface area contributed by atoms with E-state index in [1.54, 1.807) is 18.2 Å². The Morgan fingerprint density at radius 2 is 2.05 bits per heavy atom. The van der Waals surface area contributed by atoms with Crippen LogP contribution in [0.5, 0.6) is 0 Å². The number of hydrogen-bond donors (Lipinski definition) is 2. The van der Waals surface area contributed by atoms with Crippen LogP contribution in [0.1, 0.15) is 5.56 Å². The number of aromatic nitrogens is 1. The topological polar surface area (TPSA) is 109 Å². The Bertz CT molecular complexity index is 733. The van der Waals surface area contributed by atoms with E-state index < -0.39 is 10.0 Å². The minimum Gasteiger partial charge on any atom is -0.384 e. The van der Waals surface area contributed by atoms with Gasteiger partial charge in [0.15, 0.2) is 0 Å². The Morgan fingerprint density at radius 3 is 2.68 bits per heavy atom. The van der Waals surface area contributed by atoms with Gasteiger partial charge in [-0.1, -0.05) is 6.07 Å². The second-order valence-corrected chi connectivity index (χ2v) is 5.40. The fraction of sp³-hybridized carbons (Fsp3) is 0. The maximum atomic E-state index is 12.0. The van der Waals surface area contributed by atoms with Crippen LogP contribution in [0.2, 0.25) is 0 Å². The summed E-state index contributed by atoms with van der Waals surface area (Å²) in [5.74, 6) is 0.241. The predicted octanol–water partition coefficient (Wildman–Crippen LogP) is 1.34. The Kier molecular flexibility index (Phi) is 3.35. The summed E-state index contributed by atoms with van der Waals surface area (Å²) in [5.41, 5.74) is 6.08. The molecule has 7 heteroatoms. The van der Waals surface area contributed by atoms with Crippen molar-refractivity contribution in [2.45, 2.75) is 4.90 Å². The van der Waals surface area contributed by atoms with Crippen molar-refractivity contribution in [2.24, 2.45) is 0 Å². The number of hydrogen-bond acceptors (Lipinski definition) is 5. The number of nitriles is 1. The highest BCUT2D eigenvalue weighted by molar-refractivity contribution is 7.92. The van der Waals surface area contributed by atoms with Crippen LogP contribution in [0, 0.1) is 11.3 Å². The fourth-order valence-corrected chi connectivity index (χ4v) is 2.41. The summed E-state index contributed by atoms with van der Waals surface area (Å²) in [6.07, 6.45) is 1.17. The molecule has 0 radical (unpaired) electrons. The Morgan fingerprint density at radius 1 is 1.26 bits per heavy atom. The lowest BCUT2D eigenvalue weighted by atomic mass is 10.2. The average molecular weight is 274 g/mol. The van der Waals surface area contributed by atoms with Crippen molar-refractivity contribution in [3.05, 3.63) is 48.2 Å². The van der Waals surface area contributed by atoms with Crippen LogP contribution in [0.15, 0.2) is 47.5 Å². The van der Waals surface area contributed by atoms with Crippen molar-refractivity contribution in [1.29, 1.82) is 5.26 Å². The number of anilines is 2. The molecule has 0 saturated carbocycles. The molecule has 1 heterocycles. The van der Waals surface area contributed by atoms with Gasteiger partial charge in [0, 0.05) is 6.20 Å². The molecule has 0 aliphatic carbocycles. The quantitative estimate of drug-likeness (QED) is 0.877. The molecule has 0 unspecified atom stereocenters. The van der Waals surface area contributed by atoms with Gasteiger partial charge in [0.05, 0.1) is 17.3 Å². The Balaban J connectivity index is 2.31. The normalized spacial score (nSPS) is 10.7. The van der Waals surface area contributed by atoms with Crippen LogP contribution in [-0.4, -0.2) is 13.4 Å². The molecule has 1 aromatic carbocycles. The molecule has 96 valence electrons. The third kappa shape index (κ3) is 3.00. The molecule has 0 spiro atoms. The first kappa shape index (κ1) is 12.9. The Hall–Kier alpha value is -2.59. The molecule has 0 amide bonds. The monoisotopic (exact) mass is 274 g/mol. The van der Waals surface area contributed by atoms with Crippen molar-refractivity contribution in [3.63, 3.8) is 0 Å². The molecular formula is C12H10N4O2S. The first-order chi connectivity index (χ1) is 9.01. The van der Waals surface area contributed by atoms with Crippen LogP contribution in [0.25, 0.3) is 0 Å². The third-order valence-electron chi connectivity index (χ3n) is 2.31. The van der Waals surface area contributed by atoms with Gasteiger partial charge in [-0.3, -0.25) is 4.72 Å². The first-order valence-corrected chi connectivity index (χ1v) is 6.74. The lowest BCUT2D eigenvalue weighted by molar-refractivity contribution is 0.601. The summed E-state index contributed by atoms with van der Waals surface area (Å²) in [4.78, 5) is 3.73. The second kappa shape index (κ2) is 4.96. The lowest BCUT2D eigenvalue weighted by Gasteiger charge is -2.07. The summed E-state index contributed by atoms with van der Waals surface area (Å²) in [5, 5.41) is 8.76. The van der Waals surface area contributed by atoms with E-state index in [-0.39, 0.29) is 10.7 Å². The molecule has 0 atom stereocenters. The van der Waals surface area contributed by atoms with E-state index in [0.29, 0.717) is 11.3 Å². The molecular weight excluding hydrogens is 264 g/mol. The maximum absolute atomic E-state index is 12.0. The highest BCUT2D eigenvalue weighted by Crippen LogP contribution is 2.16. The van der Waals surface area contributed by atoms with Crippen molar-refractivity contribution < 1.29 is 8.42 Å². The number of benzene rings is 1. The molecule has 0 fully saturated rings. The van der Waals surface area contributed by atoms with Crippen LogP contribution < -0.4 is 10.5 Å². The average Bonchev–Trinajstić information content (AvgIpc) is 2.39. The molecule has 0 saturated heterocycles. The third-order valence-corrected chi connectivity index (χ3v) is 3.68. The van der Waals surface area contributed by atoms with Crippen LogP contribution in [0.4, 0.5) is 11.5 Å². The zero-order valence-corrected chi connectivity index (χ0v) is 10.6. The van der Waals surface area contributed by atoms with E-state index in [4.69, 9.17) is 11.0 Å². The van der Waals surface area contributed by atoms with E-state index >= 15 is 0 Å². The SMILES string of the molecule is N#Cc1cccc(NS(=O)(=O)c2ccc(N)nc2)c1. The van der Waals surface area contributed by atoms with Crippen molar-refractivity contribution >= 4 is 21.5 Å². The van der Waals surface area contributed by atoms with Crippen LogP contribution in [-0.2, 0) is 10.0 Å². The zero-order valence-electron chi connectivity index (χ0n) is 9.74. The maximum Gasteiger partial charge on any atom is 0.263 e. The van der Waals surface area contributed by atoms with E-state index in [2.05, 4.69) is 9.71 Å². The summed E-state index contributed by atoms with van der Waals surface area (Å²) in [6, 6.07) is 10.9. The molecule has 1 aromatic heterocycles. The molecule has 0 aliphatic rings. The highest BCUT2D eigenvalue weighted by Gasteiger charge is 2.14. The second-order valence-electron chi connectivity index (χ2n) is 3.72. The van der Waals surface area contributed by atoms with Crippen molar-refractivity contribution in [1.82, 2.24) is 4.98 Å². The number of nitrogens with two attached hydrogens (primary N) is 1. The van der Waals surface area contributed by atoms with E-state index in [0.717, 1.165) is 0 Å². The van der Waals surface area contributed by atoms with E-state index in [1.165, 1.54) is 24.4 Å². The molecule has 19 heavy (non-hydrogen) atoms. The number of rotatable bonds is 3. The van der Waals surface area contributed by atoms with Gasteiger partial charge >= 0.3 is 0 Å². The van der Waals surface area contributed by atoms with Gasteiger partial charge in [0.25, 0.3) is 10.0 Å². The largest absolute Gasteiger partial charge is 0.384 e. The standard InChI is InChI=1S/C12H10N4O2S/c13-7-9-2-1-3-10(6-9)16-19(17,18)11-4-5-12(14)15-8-11/h1-6,8,16H,(H2,14,15). The van der Waals surface area contributed by atoms with Crippen molar-refractivity contribution in [2.75, 3.05) is 10.5 Å². The fourth-order valence-electron chi connectivity index (χ4n) is 1.42.